The van der Waals surface area contributed by atoms with Crippen molar-refractivity contribution in [1.29, 1.82) is 0 Å². The Hall–Kier alpha value is 0.690. The van der Waals surface area contributed by atoms with Crippen LogP contribution in [-0.4, -0.2) is 16.1 Å². The van der Waals surface area contributed by atoms with E-state index < -0.39 is 0 Å². The van der Waals surface area contributed by atoms with Crippen LogP contribution in [0.2, 0.25) is 0 Å². The quantitative estimate of drug-likeness (QED) is 0.610. The first-order valence-corrected chi connectivity index (χ1v) is 6.17. The molecule has 0 saturated heterocycles. The second-order valence-electron chi connectivity index (χ2n) is 4.83. The van der Waals surface area contributed by atoms with Gasteiger partial charge in [0.15, 0.2) is 0 Å². The van der Waals surface area contributed by atoms with Gasteiger partial charge in [-0.25, -0.2) is 0 Å². The second kappa shape index (κ2) is 3.45. The number of hydrogen-bond acceptors (Lipinski definition) is 1. The van der Waals surface area contributed by atoms with Gasteiger partial charge in [0.05, 0.1) is 0 Å². The van der Waals surface area contributed by atoms with Gasteiger partial charge < -0.3 is 5.11 Å². The Morgan fingerprint density at radius 3 is 2.25 bits per heavy atom. The van der Waals surface area contributed by atoms with E-state index in [1.807, 2.05) is 0 Å². The van der Waals surface area contributed by atoms with Crippen molar-refractivity contribution in [2.24, 2.45) is 16.7 Å². The van der Waals surface area contributed by atoms with Gasteiger partial charge in [0.2, 0.25) is 0 Å². The minimum Gasteiger partial charge on any atom is -0.396 e. The minimum atomic E-state index is 0.156. The molecule has 1 fully saturated rings. The summed E-state index contributed by atoms with van der Waals surface area (Å²) in [4.78, 5) is 0. The zero-order valence-electron chi connectivity index (χ0n) is 8.23. The van der Waals surface area contributed by atoms with Gasteiger partial charge >= 0.3 is 0 Å². The molecule has 1 N–H and O–H groups in total. The van der Waals surface area contributed by atoms with Crippen LogP contribution in [0.4, 0.5) is 0 Å². The summed E-state index contributed by atoms with van der Waals surface area (Å²) in [7, 11) is 0. The number of aliphatic hydroxyl groups excluding tert-OH is 1. The first-order chi connectivity index (χ1) is 5.48. The Morgan fingerprint density at radius 1 is 1.42 bits per heavy atom. The summed E-state index contributed by atoms with van der Waals surface area (Å²) in [6, 6.07) is 0. The van der Waals surface area contributed by atoms with E-state index in [-0.39, 0.29) is 5.41 Å². The monoisotopic (exact) mass is 282 g/mol. The maximum absolute atomic E-state index is 9.37. The smallest absolute Gasteiger partial charge is 0.0490 e. The Kier molecular flexibility index (Phi) is 3.09. The minimum absolute atomic E-state index is 0.156. The summed E-state index contributed by atoms with van der Waals surface area (Å²) < 4.78 is 1.22. The van der Waals surface area contributed by atoms with Crippen LogP contribution in [0.1, 0.15) is 33.6 Å². The summed E-state index contributed by atoms with van der Waals surface area (Å²) in [5.41, 5.74) is 0.464. The molecular weight excluding hydrogens is 263 g/mol. The van der Waals surface area contributed by atoms with E-state index in [4.69, 9.17) is 0 Å². The topological polar surface area (TPSA) is 20.2 Å². The number of hydrogen-bond donors (Lipinski definition) is 1. The third kappa shape index (κ3) is 1.41. The predicted molar refractivity (Wildman–Crippen MR) is 60.6 cm³/mol. The average molecular weight is 282 g/mol. The fourth-order valence-corrected chi connectivity index (χ4v) is 3.76. The summed E-state index contributed by atoms with van der Waals surface area (Å²) in [5, 5.41) is 9.37. The zero-order valence-corrected chi connectivity index (χ0v) is 10.4. The van der Waals surface area contributed by atoms with Gasteiger partial charge in [-0.15, -0.1) is 0 Å². The zero-order chi connectivity index (χ0) is 9.41. The van der Waals surface area contributed by atoms with Gasteiger partial charge in [-0.05, 0) is 29.6 Å². The summed E-state index contributed by atoms with van der Waals surface area (Å²) >= 11 is 2.47. The molecule has 2 unspecified atom stereocenters. The van der Waals surface area contributed by atoms with E-state index in [9.17, 15) is 5.11 Å². The molecule has 0 aliphatic heterocycles. The number of aliphatic hydroxyl groups is 1. The van der Waals surface area contributed by atoms with Gasteiger partial charge in [-0.2, -0.15) is 0 Å². The van der Waals surface area contributed by atoms with Gasteiger partial charge in [-0.3, -0.25) is 0 Å². The molecule has 1 nitrogen and oxygen atoms in total. The van der Waals surface area contributed by atoms with E-state index >= 15 is 0 Å². The molecule has 2 atom stereocenters. The largest absolute Gasteiger partial charge is 0.396 e. The van der Waals surface area contributed by atoms with E-state index in [2.05, 4.69) is 43.4 Å². The fraction of sp³-hybridized carbons (Fsp3) is 1.00. The lowest BCUT2D eigenvalue weighted by molar-refractivity contribution is 0.0314. The lowest BCUT2D eigenvalue weighted by atomic mass is 9.67. The highest BCUT2D eigenvalue weighted by molar-refractivity contribution is 14.1. The van der Waals surface area contributed by atoms with Crippen molar-refractivity contribution in [3.05, 3.63) is 0 Å². The van der Waals surface area contributed by atoms with Crippen molar-refractivity contribution in [2.75, 3.05) is 11.0 Å². The van der Waals surface area contributed by atoms with Crippen LogP contribution in [0.15, 0.2) is 0 Å². The molecule has 1 saturated carbocycles. The molecule has 0 aromatic rings. The molecule has 72 valence electrons. The van der Waals surface area contributed by atoms with Crippen molar-refractivity contribution in [2.45, 2.75) is 33.6 Å². The molecular formula is C10H19IO. The third-order valence-electron chi connectivity index (χ3n) is 4.16. The van der Waals surface area contributed by atoms with Gasteiger partial charge in [0.25, 0.3) is 0 Å². The van der Waals surface area contributed by atoms with Crippen molar-refractivity contribution in [1.82, 2.24) is 0 Å². The molecule has 0 aromatic carbocycles. The highest BCUT2D eigenvalue weighted by Crippen LogP contribution is 2.55. The first-order valence-electron chi connectivity index (χ1n) is 4.65. The molecule has 0 heterocycles. The van der Waals surface area contributed by atoms with Gasteiger partial charge in [-0.1, -0.05) is 43.4 Å². The molecule has 1 aliphatic rings. The SMILES string of the molecule is CC1(CO)CCC(CI)C1(C)C. The standard InChI is InChI=1S/C10H19IO/c1-9(2)8(6-11)4-5-10(9,3)7-12/h8,12H,4-7H2,1-3H3. The summed E-state index contributed by atoms with van der Waals surface area (Å²) in [5.74, 6) is 0.787. The highest BCUT2D eigenvalue weighted by Gasteiger charge is 2.50. The number of halogens is 1. The molecule has 1 aliphatic carbocycles. The lowest BCUT2D eigenvalue weighted by Crippen LogP contribution is -2.37. The molecule has 1 rings (SSSR count). The highest BCUT2D eigenvalue weighted by atomic mass is 127. The normalized spacial score (nSPS) is 40.2. The van der Waals surface area contributed by atoms with Crippen molar-refractivity contribution < 1.29 is 5.11 Å². The Labute approximate surface area is 89.1 Å². The Bertz CT molecular complexity index is 167. The van der Waals surface area contributed by atoms with Gasteiger partial charge in [0.1, 0.15) is 0 Å². The molecule has 0 radical (unpaired) electrons. The van der Waals surface area contributed by atoms with E-state index in [1.54, 1.807) is 0 Å². The van der Waals surface area contributed by atoms with Crippen LogP contribution in [0.5, 0.6) is 0 Å². The van der Waals surface area contributed by atoms with Crippen LogP contribution in [-0.2, 0) is 0 Å². The van der Waals surface area contributed by atoms with Crippen LogP contribution in [0, 0.1) is 16.7 Å². The summed E-state index contributed by atoms with van der Waals surface area (Å²) in [6.45, 7) is 7.17. The maximum atomic E-state index is 9.37. The number of alkyl halides is 1. The third-order valence-corrected chi connectivity index (χ3v) is 5.22. The predicted octanol–water partition coefficient (Wildman–Crippen LogP) is 2.86. The Balaban J connectivity index is 2.84. The van der Waals surface area contributed by atoms with E-state index in [0.717, 1.165) is 5.92 Å². The van der Waals surface area contributed by atoms with Crippen LogP contribution < -0.4 is 0 Å². The molecule has 0 aromatic heterocycles. The number of rotatable bonds is 2. The molecule has 2 heteroatoms. The van der Waals surface area contributed by atoms with Crippen LogP contribution >= 0.6 is 22.6 Å². The average Bonchev–Trinajstić information content (AvgIpc) is 2.25. The first kappa shape index (κ1) is 10.8. The second-order valence-corrected chi connectivity index (χ2v) is 5.71. The fourth-order valence-electron chi connectivity index (χ4n) is 2.22. The lowest BCUT2D eigenvalue weighted by Gasteiger charge is -2.40. The summed E-state index contributed by atoms with van der Waals surface area (Å²) in [6.07, 6.45) is 2.47. The van der Waals surface area contributed by atoms with Crippen LogP contribution in [0.3, 0.4) is 0 Å². The molecule has 12 heavy (non-hydrogen) atoms. The van der Waals surface area contributed by atoms with Crippen molar-refractivity contribution >= 4 is 22.6 Å². The van der Waals surface area contributed by atoms with E-state index in [0.29, 0.717) is 12.0 Å². The van der Waals surface area contributed by atoms with E-state index in [1.165, 1.54) is 17.3 Å². The molecule has 0 spiro atoms. The van der Waals surface area contributed by atoms with Crippen LogP contribution in [0.25, 0.3) is 0 Å². The molecule has 0 amide bonds. The van der Waals surface area contributed by atoms with Crippen molar-refractivity contribution in [3.8, 4) is 0 Å². The van der Waals surface area contributed by atoms with Crippen molar-refractivity contribution in [3.63, 3.8) is 0 Å². The maximum Gasteiger partial charge on any atom is 0.0490 e. The van der Waals surface area contributed by atoms with Gasteiger partial charge in [0, 0.05) is 11.0 Å². The molecule has 0 bridgehead atoms. The Morgan fingerprint density at radius 2 is 2.00 bits per heavy atom.